The second-order valence-corrected chi connectivity index (χ2v) is 5.32. The van der Waals surface area contributed by atoms with Gasteiger partial charge in [-0.3, -0.25) is 4.79 Å². The summed E-state index contributed by atoms with van der Waals surface area (Å²) in [5.74, 6) is 0.334. The molecule has 1 aliphatic carbocycles. The van der Waals surface area contributed by atoms with Crippen LogP contribution in [0.25, 0.3) is 0 Å². The predicted octanol–water partition coefficient (Wildman–Crippen LogP) is 2.32. The minimum Gasteiger partial charge on any atom is -0.481 e. The molecule has 2 unspecified atom stereocenters. The Morgan fingerprint density at radius 3 is 2.95 bits per heavy atom. The zero-order chi connectivity index (χ0) is 14.5. The number of hydrogen-bond acceptors (Lipinski definition) is 3. The Kier molecular flexibility index (Phi) is 5.01. The maximum atomic E-state index is 11.2. The van der Waals surface area contributed by atoms with Crippen molar-refractivity contribution in [3.63, 3.8) is 0 Å². The van der Waals surface area contributed by atoms with Crippen LogP contribution in [-0.4, -0.2) is 18.6 Å². The Morgan fingerprint density at radius 1 is 1.50 bits per heavy atom. The van der Waals surface area contributed by atoms with Gasteiger partial charge in [-0.05, 0) is 55.5 Å². The number of aryl methyl sites for hydroxylation is 1. The van der Waals surface area contributed by atoms with E-state index in [4.69, 9.17) is 10.5 Å². The first-order valence-corrected chi connectivity index (χ1v) is 7.47. The van der Waals surface area contributed by atoms with Gasteiger partial charge in [0.25, 0.3) is 5.91 Å². The number of amides is 1. The molecular weight excluding hydrogens is 252 g/mol. The van der Waals surface area contributed by atoms with Crippen LogP contribution in [0.5, 0.6) is 5.75 Å². The van der Waals surface area contributed by atoms with Gasteiger partial charge in [-0.1, -0.05) is 19.9 Å². The van der Waals surface area contributed by atoms with Crippen molar-refractivity contribution in [3.05, 3.63) is 29.3 Å². The van der Waals surface area contributed by atoms with Crippen molar-refractivity contribution in [1.29, 1.82) is 0 Å². The molecule has 0 saturated heterocycles. The Bertz CT molecular complexity index is 474. The molecule has 1 aliphatic rings. The van der Waals surface area contributed by atoms with E-state index in [1.807, 2.05) is 13.0 Å². The fraction of sp³-hybridized carbons (Fsp3) is 0.562. The summed E-state index contributed by atoms with van der Waals surface area (Å²) in [5, 5.41) is 3.56. The molecule has 20 heavy (non-hydrogen) atoms. The van der Waals surface area contributed by atoms with E-state index in [-0.39, 0.29) is 0 Å². The second kappa shape index (κ2) is 6.75. The van der Waals surface area contributed by atoms with Crippen molar-refractivity contribution in [2.45, 2.75) is 51.7 Å². The number of ether oxygens (including phenoxy) is 1. The van der Waals surface area contributed by atoms with Gasteiger partial charge in [0.05, 0.1) is 0 Å². The summed E-state index contributed by atoms with van der Waals surface area (Å²) in [6.45, 7) is 5.12. The average molecular weight is 276 g/mol. The Morgan fingerprint density at radius 2 is 2.30 bits per heavy atom. The quantitative estimate of drug-likeness (QED) is 0.803. The number of fused-ring (bicyclic) bond motifs is 1. The molecule has 0 aromatic heterocycles. The van der Waals surface area contributed by atoms with E-state index in [1.165, 1.54) is 11.1 Å². The molecule has 0 saturated carbocycles. The Labute approximate surface area is 120 Å². The molecular formula is C16H24N2O2. The SMILES string of the molecule is CCCNC1CCc2cc(OC(CC)C(N)=O)ccc21. The van der Waals surface area contributed by atoms with Crippen molar-refractivity contribution in [3.8, 4) is 5.75 Å². The number of nitrogens with two attached hydrogens (primary N) is 1. The van der Waals surface area contributed by atoms with Gasteiger partial charge in [-0.2, -0.15) is 0 Å². The summed E-state index contributed by atoms with van der Waals surface area (Å²) in [7, 11) is 0. The lowest BCUT2D eigenvalue weighted by molar-refractivity contribution is -0.124. The molecule has 0 fully saturated rings. The lowest BCUT2D eigenvalue weighted by atomic mass is 10.1. The third kappa shape index (κ3) is 3.31. The Balaban J connectivity index is 2.07. The van der Waals surface area contributed by atoms with Crippen LogP contribution in [0.15, 0.2) is 18.2 Å². The van der Waals surface area contributed by atoms with Crippen LogP contribution in [0.4, 0.5) is 0 Å². The number of nitrogens with one attached hydrogen (secondary N) is 1. The molecule has 2 atom stereocenters. The predicted molar refractivity (Wildman–Crippen MR) is 79.7 cm³/mol. The molecule has 1 aromatic rings. The molecule has 1 aromatic carbocycles. The summed E-state index contributed by atoms with van der Waals surface area (Å²) >= 11 is 0. The van der Waals surface area contributed by atoms with E-state index in [9.17, 15) is 4.79 Å². The van der Waals surface area contributed by atoms with Crippen molar-refractivity contribution < 1.29 is 9.53 Å². The van der Waals surface area contributed by atoms with E-state index in [0.717, 1.165) is 31.6 Å². The standard InChI is InChI=1S/C16H24N2O2/c1-3-9-18-14-8-5-11-10-12(6-7-13(11)14)20-15(4-2)16(17)19/h6-7,10,14-15,18H,3-5,8-9H2,1-2H3,(H2,17,19). The molecule has 1 amide bonds. The van der Waals surface area contributed by atoms with E-state index < -0.39 is 12.0 Å². The fourth-order valence-electron chi connectivity index (χ4n) is 2.70. The minimum absolute atomic E-state index is 0.407. The van der Waals surface area contributed by atoms with Gasteiger partial charge in [0, 0.05) is 6.04 Å². The lowest BCUT2D eigenvalue weighted by Gasteiger charge is -2.16. The molecule has 110 valence electrons. The summed E-state index contributed by atoms with van der Waals surface area (Å²) in [4.78, 5) is 11.2. The highest BCUT2D eigenvalue weighted by molar-refractivity contribution is 5.79. The van der Waals surface area contributed by atoms with Crippen LogP contribution in [0.1, 0.15) is 50.3 Å². The van der Waals surface area contributed by atoms with Crippen molar-refractivity contribution in [1.82, 2.24) is 5.32 Å². The molecule has 0 bridgehead atoms. The summed E-state index contributed by atoms with van der Waals surface area (Å²) < 4.78 is 5.67. The van der Waals surface area contributed by atoms with Crippen molar-refractivity contribution >= 4 is 5.91 Å². The van der Waals surface area contributed by atoms with Crippen molar-refractivity contribution in [2.75, 3.05) is 6.54 Å². The van der Waals surface area contributed by atoms with Crippen LogP contribution >= 0.6 is 0 Å². The topological polar surface area (TPSA) is 64.3 Å². The van der Waals surface area contributed by atoms with E-state index in [1.54, 1.807) is 0 Å². The molecule has 3 N–H and O–H groups in total. The molecule has 0 aliphatic heterocycles. The molecule has 0 radical (unpaired) electrons. The first kappa shape index (κ1) is 14.9. The molecule has 4 nitrogen and oxygen atoms in total. The first-order valence-electron chi connectivity index (χ1n) is 7.47. The second-order valence-electron chi connectivity index (χ2n) is 5.32. The van der Waals surface area contributed by atoms with Gasteiger partial charge >= 0.3 is 0 Å². The van der Waals surface area contributed by atoms with Gasteiger partial charge in [0.1, 0.15) is 5.75 Å². The molecule has 4 heteroatoms. The minimum atomic E-state index is -0.538. The largest absolute Gasteiger partial charge is 0.481 e. The van der Waals surface area contributed by atoms with E-state index >= 15 is 0 Å². The Hall–Kier alpha value is -1.55. The highest BCUT2D eigenvalue weighted by atomic mass is 16.5. The zero-order valence-corrected chi connectivity index (χ0v) is 12.3. The molecule has 2 rings (SSSR count). The van der Waals surface area contributed by atoms with E-state index in [2.05, 4.69) is 24.4 Å². The average Bonchev–Trinajstić information content (AvgIpc) is 2.84. The summed E-state index contributed by atoms with van der Waals surface area (Å²) in [6, 6.07) is 6.56. The first-order chi connectivity index (χ1) is 9.65. The van der Waals surface area contributed by atoms with Crippen LogP contribution in [0, 0.1) is 0 Å². The van der Waals surface area contributed by atoms with Crippen LogP contribution < -0.4 is 15.8 Å². The van der Waals surface area contributed by atoms with Gasteiger partial charge in [-0.15, -0.1) is 0 Å². The zero-order valence-electron chi connectivity index (χ0n) is 12.3. The molecule has 0 spiro atoms. The highest BCUT2D eigenvalue weighted by Crippen LogP contribution is 2.33. The van der Waals surface area contributed by atoms with Crippen molar-refractivity contribution in [2.24, 2.45) is 5.73 Å². The summed E-state index contributed by atoms with van der Waals surface area (Å²) in [6.07, 6.45) is 3.38. The maximum absolute atomic E-state index is 11.2. The maximum Gasteiger partial charge on any atom is 0.258 e. The summed E-state index contributed by atoms with van der Waals surface area (Å²) in [5.41, 5.74) is 7.99. The monoisotopic (exact) mass is 276 g/mol. The van der Waals surface area contributed by atoms with Gasteiger partial charge in [0.2, 0.25) is 0 Å². The number of hydrogen-bond donors (Lipinski definition) is 2. The smallest absolute Gasteiger partial charge is 0.258 e. The van der Waals surface area contributed by atoms with Crippen LogP contribution in [0.2, 0.25) is 0 Å². The fourth-order valence-corrected chi connectivity index (χ4v) is 2.70. The van der Waals surface area contributed by atoms with Gasteiger partial charge < -0.3 is 15.8 Å². The lowest BCUT2D eigenvalue weighted by Crippen LogP contribution is -2.33. The van der Waals surface area contributed by atoms with Gasteiger partial charge in [-0.25, -0.2) is 0 Å². The number of carbonyl (C=O) groups is 1. The van der Waals surface area contributed by atoms with Crippen LogP contribution in [0.3, 0.4) is 0 Å². The number of carbonyl (C=O) groups excluding carboxylic acids is 1. The number of primary amides is 1. The normalized spacial score (nSPS) is 18.6. The number of benzene rings is 1. The van der Waals surface area contributed by atoms with Gasteiger partial charge in [0.15, 0.2) is 6.10 Å². The highest BCUT2D eigenvalue weighted by Gasteiger charge is 2.23. The van der Waals surface area contributed by atoms with E-state index in [0.29, 0.717) is 12.5 Å². The third-order valence-electron chi connectivity index (χ3n) is 3.80. The molecule has 0 heterocycles. The number of rotatable bonds is 7. The van der Waals surface area contributed by atoms with Crippen LogP contribution in [-0.2, 0) is 11.2 Å². The third-order valence-corrected chi connectivity index (χ3v) is 3.80.